The van der Waals surface area contributed by atoms with Crippen LogP contribution in [0.3, 0.4) is 0 Å². The number of pyridine rings is 1. The number of aromatic nitrogens is 1. The molecule has 40 heavy (non-hydrogen) atoms. The van der Waals surface area contributed by atoms with Gasteiger partial charge in [-0.25, -0.2) is 4.39 Å². The summed E-state index contributed by atoms with van der Waals surface area (Å²) in [4.78, 5) is 21.5. The van der Waals surface area contributed by atoms with Crippen molar-refractivity contribution < 1.29 is 27.1 Å². The minimum absolute atomic E-state index is 0.0658. The number of ether oxygens (including phenoxy) is 1. The summed E-state index contributed by atoms with van der Waals surface area (Å²) >= 11 is 0. The molecule has 2 fully saturated rings. The highest BCUT2D eigenvalue weighted by molar-refractivity contribution is 5.94. The van der Waals surface area contributed by atoms with Crippen LogP contribution in [0.5, 0.6) is 5.75 Å². The van der Waals surface area contributed by atoms with Crippen LogP contribution in [0.25, 0.3) is 0 Å². The maximum Gasteiger partial charge on any atom is 0.416 e. The summed E-state index contributed by atoms with van der Waals surface area (Å²) in [5.74, 6) is 0.0954. The minimum Gasteiger partial charge on any atom is -0.489 e. The zero-order valence-electron chi connectivity index (χ0n) is 22.0. The van der Waals surface area contributed by atoms with Crippen LogP contribution >= 0.6 is 0 Å². The molecule has 3 aromatic rings. The Labute approximate surface area is 231 Å². The second kappa shape index (κ2) is 12.2. The van der Waals surface area contributed by atoms with Crippen LogP contribution in [-0.4, -0.2) is 54.1 Å². The molecule has 0 saturated carbocycles. The van der Waals surface area contributed by atoms with Gasteiger partial charge in [0.1, 0.15) is 17.7 Å². The maximum atomic E-state index is 13.1. The monoisotopic (exact) mass is 556 g/mol. The van der Waals surface area contributed by atoms with Crippen LogP contribution in [0.2, 0.25) is 0 Å². The van der Waals surface area contributed by atoms with Crippen molar-refractivity contribution in [2.75, 3.05) is 31.1 Å². The number of hydrogen-bond acceptors (Lipinski definition) is 5. The van der Waals surface area contributed by atoms with E-state index in [1.807, 2.05) is 4.90 Å². The van der Waals surface area contributed by atoms with Gasteiger partial charge < -0.3 is 15.0 Å². The number of nitrogens with one attached hydrogen (secondary N) is 1. The lowest BCUT2D eigenvalue weighted by Gasteiger charge is -2.34. The molecular weight excluding hydrogens is 524 g/mol. The minimum atomic E-state index is -4.34. The standard InChI is InChI=1S/C30H32F4N4O2/c31-24-5-1-21(2-6-24)20-37-13-9-25(10-14-37)36-29(39)22-17-28(19-35-18-22)40-27-11-15-38(16-12-27)26-7-3-23(4-8-26)30(32,33)34/h1-8,17-19,25,27H,9-16,20H2,(H,36,39). The van der Waals surface area contributed by atoms with E-state index in [0.717, 1.165) is 55.9 Å². The Morgan fingerprint density at radius 3 is 2.25 bits per heavy atom. The van der Waals surface area contributed by atoms with Crippen LogP contribution in [0.15, 0.2) is 67.0 Å². The van der Waals surface area contributed by atoms with Crippen molar-refractivity contribution in [3.8, 4) is 5.75 Å². The molecule has 212 valence electrons. The third kappa shape index (κ3) is 7.29. The lowest BCUT2D eigenvalue weighted by Crippen LogP contribution is -2.44. The summed E-state index contributed by atoms with van der Waals surface area (Å²) in [7, 11) is 0. The molecule has 1 amide bonds. The molecule has 2 aliphatic heterocycles. The number of amides is 1. The van der Waals surface area contributed by atoms with Gasteiger partial charge in [0.25, 0.3) is 5.91 Å². The fraction of sp³-hybridized carbons (Fsp3) is 0.400. The Morgan fingerprint density at radius 1 is 0.925 bits per heavy atom. The molecule has 0 bridgehead atoms. The van der Waals surface area contributed by atoms with Crippen molar-refractivity contribution in [3.05, 3.63) is 89.5 Å². The molecule has 5 rings (SSSR count). The third-order valence-corrected chi connectivity index (χ3v) is 7.52. The highest BCUT2D eigenvalue weighted by Gasteiger charge is 2.30. The predicted octanol–water partition coefficient (Wildman–Crippen LogP) is 5.68. The molecule has 0 spiro atoms. The Balaban J connectivity index is 1.07. The first-order valence-electron chi connectivity index (χ1n) is 13.5. The average molecular weight is 557 g/mol. The number of likely N-dealkylation sites (tertiary alicyclic amines) is 1. The van der Waals surface area contributed by atoms with Crippen molar-refractivity contribution in [1.82, 2.24) is 15.2 Å². The average Bonchev–Trinajstić information content (AvgIpc) is 2.95. The van der Waals surface area contributed by atoms with Crippen molar-refractivity contribution in [3.63, 3.8) is 0 Å². The van der Waals surface area contributed by atoms with Crippen LogP contribution in [0.1, 0.15) is 47.2 Å². The van der Waals surface area contributed by atoms with Gasteiger partial charge in [0.05, 0.1) is 17.3 Å². The van der Waals surface area contributed by atoms with Gasteiger partial charge in [-0.3, -0.25) is 14.7 Å². The third-order valence-electron chi connectivity index (χ3n) is 7.52. The van der Waals surface area contributed by atoms with Crippen molar-refractivity contribution in [1.29, 1.82) is 0 Å². The van der Waals surface area contributed by atoms with Crippen LogP contribution < -0.4 is 15.0 Å². The number of nitrogens with zero attached hydrogens (tertiary/aromatic N) is 3. The number of alkyl halides is 3. The quantitative estimate of drug-likeness (QED) is 0.380. The van der Waals surface area contributed by atoms with Gasteiger partial charge in [0, 0.05) is 63.5 Å². The molecule has 0 atom stereocenters. The summed E-state index contributed by atoms with van der Waals surface area (Å²) in [5, 5.41) is 3.11. The Bertz CT molecular complexity index is 1270. The first-order chi connectivity index (χ1) is 19.2. The van der Waals surface area contributed by atoms with Gasteiger partial charge in [-0.2, -0.15) is 13.2 Å². The van der Waals surface area contributed by atoms with Gasteiger partial charge in [-0.05, 0) is 60.9 Å². The molecule has 1 aromatic heterocycles. The van der Waals surface area contributed by atoms with E-state index < -0.39 is 11.7 Å². The van der Waals surface area contributed by atoms with E-state index in [1.165, 1.54) is 30.5 Å². The molecule has 1 N–H and O–H groups in total. The van der Waals surface area contributed by atoms with Gasteiger partial charge in [0.2, 0.25) is 0 Å². The van der Waals surface area contributed by atoms with E-state index in [-0.39, 0.29) is 23.9 Å². The molecule has 0 aliphatic carbocycles. The summed E-state index contributed by atoms with van der Waals surface area (Å²) in [5.41, 5.74) is 1.61. The number of benzene rings is 2. The summed E-state index contributed by atoms with van der Waals surface area (Å²) < 4.78 is 57.8. The molecule has 6 nitrogen and oxygen atoms in total. The Hall–Kier alpha value is -3.66. The SMILES string of the molecule is O=C(NC1CCN(Cc2ccc(F)cc2)CC1)c1cncc(OC2CCN(c3ccc(C(F)(F)F)cc3)CC2)c1. The molecule has 10 heteroatoms. The maximum absolute atomic E-state index is 13.1. The van der Waals surface area contributed by atoms with E-state index in [9.17, 15) is 22.4 Å². The van der Waals surface area contributed by atoms with Crippen LogP contribution in [0.4, 0.5) is 23.2 Å². The topological polar surface area (TPSA) is 57.7 Å². The second-order valence-corrected chi connectivity index (χ2v) is 10.4. The zero-order chi connectivity index (χ0) is 28.1. The molecule has 2 saturated heterocycles. The molecule has 0 unspecified atom stereocenters. The molecule has 2 aliphatic rings. The lowest BCUT2D eigenvalue weighted by atomic mass is 10.0. The first-order valence-corrected chi connectivity index (χ1v) is 13.5. The fourth-order valence-electron chi connectivity index (χ4n) is 5.25. The number of halogens is 4. The summed E-state index contributed by atoms with van der Waals surface area (Å²) in [6.45, 7) is 3.75. The van der Waals surface area contributed by atoms with Crippen molar-refractivity contribution in [2.45, 2.75) is 50.6 Å². The first kappa shape index (κ1) is 27.9. The largest absolute Gasteiger partial charge is 0.489 e. The van der Waals surface area contributed by atoms with Gasteiger partial charge in [0.15, 0.2) is 0 Å². The Kier molecular flexibility index (Phi) is 8.54. The number of carbonyl (C=O) groups is 1. The normalized spacial score (nSPS) is 17.6. The zero-order valence-corrected chi connectivity index (χ0v) is 22.0. The van der Waals surface area contributed by atoms with Crippen LogP contribution in [0, 0.1) is 5.82 Å². The van der Waals surface area contributed by atoms with E-state index in [2.05, 4.69) is 15.2 Å². The van der Waals surface area contributed by atoms with Gasteiger partial charge in [-0.1, -0.05) is 12.1 Å². The van der Waals surface area contributed by atoms with E-state index in [1.54, 1.807) is 24.4 Å². The van der Waals surface area contributed by atoms with Crippen molar-refractivity contribution in [2.24, 2.45) is 0 Å². The van der Waals surface area contributed by atoms with Gasteiger partial charge in [-0.15, -0.1) is 0 Å². The van der Waals surface area contributed by atoms with Crippen molar-refractivity contribution >= 4 is 11.6 Å². The summed E-state index contributed by atoms with van der Waals surface area (Å²) in [6.07, 6.45) is 1.76. The van der Waals surface area contributed by atoms with Crippen LogP contribution in [-0.2, 0) is 12.7 Å². The van der Waals surface area contributed by atoms with Gasteiger partial charge >= 0.3 is 6.18 Å². The number of hydrogen-bond donors (Lipinski definition) is 1. The molecule has 2 aromatic carbocycles. The van der Waals surface area contributed by atoms with E-state index >= 15 is 0 Å². The molecule has 3 heterocycles. The summed E-state index contributed by atoms with van der Waals surface area (Å²) in [6, 6.07) is 13.5. The molecular formula is C30H32F4N4O2. The second-order valence-electron chi connectivity index (χ2n) is 10.4. The number of piperidine rings is 2. The highest BCUT2D eigenvalue weighted by atomic mass is 19.4. The smallest absolute Gasteiger partial charge is 0.416 e. The number of rotatable bonds is 7. The Morgan fingerprint density at radius 2 is 1.60 bits per heavy atom. The van der Waals surface area contributed by atoms with E-state index in [0.29, 0.717) is 37.2 Å². The van der Waals surface area contributed by atoms with E-state index in [4.69, 9.17) is 4.74 Å². The molecule has 0 radical (unpaired) electrons. The number of carbonyl (C=O) groups excluding carboxylic acids is 1. The fourth-order valence-corrected chi connectivity index (χ4v) is 5.25. The highest BCUT2D eigenvalue weighted by Crippen LogP contribution is 2.31. The number of anilines is 1. The predicted molar refractivity (Wildman–Crippen MR) is 144 cm³/mol. The lowest BCUT2D eigenvalue weighted by molar-refractivity contribution is -0.137.